The Bertz CT molecular complexity index is 583. The Morgan fingerprint density at radius 1 is 1.32 bits per heavy atom. The van der Waals surface area contributed by atoms with Crippen LogP contribution in [0.3, 0.4) is 0 Å². The van der Waals surface area contributed by atoms with Crippen molar-refractivity contribution in [2.45, 2.75) is 19.9 Å². The van der Waals surface area contributed by atoms with Gasteiger partial charge in [0.2, 0.25) is 0 Å². The number of rotatable bonds is 4. The smallest absolute Gasteiger partial charge is 0.137 e. The van der Waals surface area contributed by atoms with Gasteiger partial charge in [0.1, 0.15) is 10.8 Å². The Morgan fingerprint density at radius 2 is 2.11 bits per heavy atom. The predicted molar refractivity (Wildman–Crippen MR) is 81.1 cm³/mol. The second-order valence-corrected chi connectivity index (χ2v) is 4.77. The Hall–Kier alpha value is -2.01. The highest BCUT2D eigenvalue weighted by molar-refractivity contribution is 7.80. The zero-order chi connectivity index (χ0) is 13.8. The SMILES string of the molecule is Cc1ccc(C(N)=S)c(NC(C)c2ccccn2)n1. The summed E-state index contributed by atoms with van der Waals surface area (Å²) in [6.45, 7) is 3.95. The third-order valence-corrected chi connectivity index (χ3v) is 3.00. The number of nitrogens with one attached hydrogen (secondary N) is 1. The fraction of sp³-hybridized carbons (Fsp3) is 0.214. The number of nitrogens with zero attached hydrogens (tertiary/aromatic N) is 2. The lowest BCUT2D eigenvalue weighted by molar-refractivity contribution is 0.830. The summed E-state index contributed by atoms with van der Waals surface area (Å²) in [7, 11) is 0. The lowest BCUT2D eigenvalue weighted by Gasteiger charge is -2.16. The standard InChI is InChI=1S/C14H16N4S/c1-9-6-7-11(13(15)19)14(17-9)18-10(2)12-5-3-4-8-16-12/h3-8,10H,1-2H3,(H2,15,19)(H,17,18). The topological polar surface area (TPSA) is 63.8 Å². The summed E-state index contributed by atoms with van der Waals surface area (Å²) < 4.78 is 0. The number of anilines is 1. The van der Waals surface area contributed by atoms with Crippen LogP contribution in [0.2, 0.25) is 0 Å². The summed E-state index contributed by atoms with van der Waals surface area (Å²) in [5, 5.41) is 3.31. The van der Waals surface area contributed by atoms with Crippen LogP contribution in [0.1, 0.15) is 29.9 Å². The van der Waals surface area contributed by atoms with Crippen LogP contribution in [0.25, 0.3) is 0 Å². The van der Waals surface area contributed by atoms with Crippen LogP contribution in [0.15, 0.2) is 36.5 Å². The molecule has 0 saturated carbocycles. The van der Waals surface area contributed by atoms with E-state index in [9.17, 15) is 0 Å². The molecule has 0 aliphatic heterocycles. The molecule has 1 unspecified atom stereocenters. The summed E-state index contributed by atoms with van der Waals surface area (Å²) in [4.78, 5) is 9.11. The predicted octanol–water partition coefficient (Wildman–Crippen LogP) is 2.59. The maximum absolute atomic E-state index is 5.71. The number of hydrogen-bond acceptors (Lipinski definition) is 4. The van der Waals surface area contributed by atoms with Gasteiger partial charge < -0.3 is 11.1 Å². The van der Waals surface area contributed by atoms with Crippen LogP contribution < -0.4 is 11.1 Å². The van der Waals surface area contributed by atoms with Crippen LogP contribution in [-0.4, -0.2) is 15.0 Å². The maximum atomic E-state index is 5.71. The number of hydrogen-bond donors (Lipinski definition) is 2. The molecule has 1 atom stereocenters. The zero-order valence-electron chi connectivity index (χ0n) is 10.9. The van der Waals surface area contributed by atoms with Crippen molar-refractivity contribution in [2.24, 2.45) is 5.73 Å². The van der Waals surface area contributed by atoms with Crippen molar-refractivity contribution in [1.29, 1.82) is 0 Å². The van der Waals surface area contributed by atoms with Gasteiger partial charge in [-0.25, -0.2) is 4.98 Å². The van der Waals surface area contributed by atoms with E-state index in [-0.39, 0.29) is 6.04 Å². The van der Waals surface area contributed by atoms with E-state index in [0.717, 1.165) is 17.0 Å². The van der Waals surface area contributed by atoms with Gasteiger partial charge in [0.15, 0.2) is 0 Å². The van der Waals surface area contributed by atoms with Crippen molar-refractivity contribution in [3.05, 3.63) is 53.5 Å². The number of nitrogens with two attached hydrogens (primary N) is 1. The molecule has 0 spiro atoms. The first-order valence-corrected chi connectivity index (χ1v) is 6.43. The Morgan fingerprint density at radius 3 is 2.74 bits per heavy atom. The first-order valence-electron chi connectivity index (χ1n) is 6.03. The molecule has 4 nitrogen and oxygen atoms in total. The van der Waals surface area contributed by atoms with Gasteiger partial charge in [-0.2, -0.15) is 0 Å². The minimum Gasteiger partial charge on any atom is -0.389 e. The van der Waals surface area contributed by atoms with Crippen LogP contribution >= 0.6 is 12.2 Å². The third kappa shape index (κ3) is 3.26. The first kappa shape index (κ1) is 13.4. The second kappa shape index (κ2) is 5.75. The lowest BCUT2D eigenvalue weighted by atomic mass is 10.2. The molecule has 19 heavy (non-hydrogen) atoms. The first-order chi connectivity index (χ1) is 9.08. The van der Waals surface area contributed by atoms with Gasteiger partial charge in [-0.3, -0.25) is 4.98 Å². The van der Waals surface area contributed by atoms with E-state index in [1.807, 2.05) is 44.2 Å². The van der Waals surface area contributed by atoms with Crippen molar-refractivity contribution in [3.8, 4) is 0 Å². The van der Waals surface area contributed by atoms with Crippen LogP contribution in [-0.2, 0) is 0 Å². The number of thiocarbonyl (C=S) groups is 1. The highest BCUT2D eigenvalue weighted by Crippen LogP contribution is 2.20. The molecular formula is C14H16N4S. The average Bonchev–Trinajstić information content (AvgIpc) is 2.39. The number of aryl methyl sites for hydroxylation is 1. The molecule has 0 saturated heterocycles. The Kier molecular flexibility index (Phi) is 4.06. The summed E-state index contributed by atoms with van der Waals surface area (Å²) in [6.07, 6.45) is 1.77. The van der Waals surface area contributed by atoms with Crippen molar-refractivity contribution in [3.63, 3.8) is 0 Å². The fourth-order valence-electron chi connectivity index (χ4n) is 1.78. The largest absolute Gasteiger partial charge is 0.389 e. The Labute approximate surface area is 118 Å². The van der Waals surface area contributed by atoms with Crippen molar-refractivity contribution >= 4 is 23.0 Å². The number of aromatic nitrogens is 2. The highest BCUT2D eigenvalue weighted by atomic mass is 32.1. The molecule has 0 fully saturated rings. The van der Waals surface area contributed by atoms with Crippen molar-refractivity contribution in [1.82, 2.24) is 9.97 Å². The normalized spacial score (nSPS) is 11.9. The minimum atomic E-state index is 0.0311. The molecule has 2 aromatic rings. The van der Waals surface area contributed by atoms with Gasteiger partial charge in [-0.15, -0.1) is 0 Å². The molecule has 2 heterocycles. The van der Waals surface area contributed by atoms with Crippen molar-refractivity contribution in [2.75, 3.05) is 5.32 Å². The monoisotopic (exact) mass is 272 g/mol. The highest BCUT2D eigenvalue weighted by Gasteiger charge is 2.12. The summed E-state index contributed by atoms with van der Waals surface area (Å²) >= 11 is 5.04. The fourth-order valence-corrected chi connectivity index (χ4v) is 1.94. The average molecular weight is 272 g/mol. The van der Waals surface area contributed by atoms with Crippen LogP contribution in [0, 0.1) is 6.92 Å². The van der Waals surface area contributed by atoms with E-state index < -0.39 is 0 Å². The second-order valence-electron chi connectivity index (χ2n) is 4.33. The van der Waals surface area contributed by atoms with E-state index >= 15 is 0 Å². The molecule has 0 aliphatic carbocycles. The summed E-state index contributed by atoms with van der Waals surface area (Å²) in [5.41, 5.74) is 8.32. The molecule has 2 rings (SSSR count). The van der Waals surface area contributed by atoms with Gasteiger partial charge in [0, 0.05) is 11.9 Å². The molecule has 0 aliphatic rings. The van der Waals surface area contributed by atoms with Crippen LogP contribution in [0.5, 0.6) is 0 Å². The van der Waals surface area contributed by atoms with Gasteiger partial charge in [-0.05, 0) is 38.1 Å². The molecule has 98 valence electrons. The van der Waals surface area contributed by atoms with E-state index in [4.69, 9.17) is 18.0 Å². The molecule has 2 aromatic heterocycles. The van der Waals surface area contributed by atoms with Crippen molar-refractivity contribution < 1.29 is 0 Å². The van der Waals surface area contributed by atoms with Gasteiger partial charge in [0.05, 0.1) is 17.3 Å². The zero-order valence-corrected chi connectivity index (χ0v) is 11.7. The summed E-state index contributed by atoms with van der Waals surface area (Å²) in [6, 6.07) is 9.63. The minimum absolute atomic E-state index is 0.0311. The Balaban J connectivity index is 2.28. The van der Waals surface area contributed by atoms with Gasteiger partial charge in [0.25, 0.3) is 0 Å². The van der Waals surface area contributed by atoms with Gasteiger partial charge >= 0.3 is 0 Å². The van der Waals surface area contributed by atoms with E-state index in [0.29, 0.717) is 10.8 Å². The third-order valence-electron chi connectivity index (χ3n) is 2.78. The van der Waals surface area contributed by atoms with Gasteiger partial charge in [-0.1, -0.05) is 18.3 Å². The summed E-state index contributed by atoms with van der Waals surface area (Å²) in [5.74, 6) is 0.700. The van der Waals surface area contributed by atoms with E-state index in [1.54, 1.807) is 6.20 Å². The molecule has 5 heteroatoms. The molecular weight excluding hydrogens is 256 g/mol. The van der Waals surface area contributed by atoms with E-state index in [2.05, 4.69) is 15.3 Å². The molecule has 3 N–H and O–H groups in total. The van der Waals surface area contributed by atoms with Crippen LogP contribution in [0.4, 0.5) is 5.82 Å². The van der Waals surface area contributed by atoms with E-state index in [1.165, 1.54) is 0 Å². The number of pyridine rings is 2. The molecule has 0 radical (unpaired) electrons. The maximum Gasteiger partial charge on any atom is 0.137 e. The molecule has 0 aromatic carbocycles. The quantitative estimate of drug-likeness (QED) is 0.838. The lowest BCUT2D eigenvalue weighted by Crippen LogP contribution is -2.17. The molecule has 0 bridgehead atoms. The molecule has 0 amide bonds.